The minimum absolute atomic E-state index is 0.0000598. The molecule has 3 rings (SSSR count). The summed E-state index contributed by atoms with van der Waals surface area (Å²) in [5.74, 6) is -0.0000598. The molecule has 2 N–H and O–H groups in total. The van der Waals surface area contributed by atoms with Crippen LogP contribution >= 0.6 is 23.4 Å². The van der Waals surface area contributed by atoms with Gasteiger partial charge in [0.05, 0.1) is 5.69 Å². The molecule has 4 nitrogen and oxygen atoms in total. The minimum atomic E-state index is -0.0000598. The number of rotatable bonds is 6. The van der Waals surface area contributed by atoms with Crippen molar-refractivity contribution in [2.24, 2.45) is 5.18 Å². The van der Waals surface area contributed by atoms with Crippen LogP contribution in [0, 0.1) is 4.91 Å². The van der Waals surface area contributed by atoms with Gasteiger partial charge in [-0.05, 0) is 53.2 Å². The van der Waals surface area contributed by atoms with Crippen LogP contribution in [-0.4, -0.2) is 5.11 Å². The Bertz CT molecular complexity index is 885. The van der Waals surface area contributed by atoms with Gasteiger partial charge in [0, 0.05) is 27.4 Å². The summed E-state index contributed by atoms with van der Waals surface area (Å²) >= 11 is 7.58. The van der Waals surface area contributed by atoms with E-state index in [4.69, 9.17) is 11.6 Å². The smallest absolute Gasteiger partial charge is 0.140 e. The quantitative estimate of drug-likeness (QED) is 0.400. The molecule has 0 unspecified atom stereocenters. The molecule has 0 aliphatic rings. The fraction of sp³-hybridized carbons (Fsp3) is 0.0526. The van der Waals surface area contributed by atoms with Crippen molar-refractivity contribution in [3.8, 4) is 5.75 Å². The third-order valence-electron chi connectivity index (χ3n) is 3.57. The summed E-state index contributed by atoms with van der Waals surface area (Å²) in [6, 6.07) is 20.3. The molecular formula is C19H15ClN2O2S. The largest absolute Gasteiger partial charge is 0.506 e. The molecule has 0 fully saturated rings. The zero-order chi connectivity index (χ0) is 17.6. The van der Waals surface area contributed by atoms with Crippen LogP contribution in [0.2, 0.25) is 5.02 Å². The average molecular weight is 371 g/mol. The van der Waals surface area contributed by atoms with Gasteiger partial charge in [-0.25, -0.2) is 0 Å². The lowest BCUT2D eigenvalue weighted by Gasteiger charge is -2.12. The van der Waals surface area contributed by atoms with Gasteiger partial charge in [0.2, 0.25) is 0 Å². The Morgan fingerprint density at radius 1 is 1.04 bits per heavy atom. The third kappa shape index (κ3) is 4.53. The SMILES string of the molecule is O=Nc1ccc(NCc2ccccc2Sc2ccc(Cl)cc2)c(O)c1. The van der Waals surface area contributed by atoms with E-state index in [0.717, 1.165) is 15.4 Å². The van der Waals surface area contributed by atoms with Gasteiger partial charge in [-0.1, -0.05) is 41.6 Å². The fourth-order valence-corrected chi connectivity index (χ4v) is 3.37. The highest BCUT2D eigenvalue weighted by Crippen LogP contribution is 2.33. The van der Waals surface area contributed by atoms with Crippen LogP contribution in [-0.2, 0) is 6.54 Å². The number of anilines is 1. The Morgan fingerprint density at radius 2 is 1.80 bits per heavy atom. The molecule has 0 saturated carbocycles. The Hall–Kier alpha value is -2.50. The Labute approximate surface area is 154 Å². The summed E-state index contributed by atoms with van der Waals surface area (Å²) < 4.78 is 0. The van der Waals surface area contributed by atoms with Crippen LogP contribution in [0.3, 0.4) is 0 Å². The summed E-state index contributed by atoms with van der Waals surface area (Å²) in [6.45, 7) is 0.540. The molecular weight excluding hydrogens is 356 g/mol. The van der Waals surface area contributed by atoms with Crippen molar-refractivity contribution in [3.63, 3.8) is 0 Å². The molecule has 0 aliphatic heterocycles. The van der Waals surface area contributed by atoms with Crippen LogP contribution in [0.1, 0.15) is 5.56 Å². The van der Waals surface area contributed by atoms with Crippen LogP contribution in [0.15, 0.2) is 81.7 Å². The molecule has 0 aromatic heterocycles. The number of hydrogen-bond acceptors (Lipinski definition) is 5. The number of aromatic hydroxyl groups is 1. The summed E-state index contributed by atoms with van der Waals surface area (Å²) in [4.78, 5) is 12.7. The van der Waals surface area contributed by atoms with E-state index in [-0.39, 0.29) is 11.4 Å². The number of phenols is 1. The van der Waals surface area contributed by atoms with Crippen molar-refractivity contribution < 1.29 is 5.11 Å². The first kappa shape index (κ1) is 17.3. The number of halogens is 1. The number of benzene rings is 3. The molecule has 0 spiro atoms. The molecule has 3 aromatic rings. The van der Waals surface area contributed by atoms with E-state index in [0.29, 0.717) is 17.3 Å². The number of nitrogens with one attached hydrogen (secondary N) is 1. The first-order valence-corrected chi connectivity index (χ1v) is 8.77. The highest BCUT2D eigenvalue weighted by Gasteiger charge is 2.07. The molecule has 0 aliphatic carbocycles. The molecule has 0 saturated heterocycles. The van der Waals surface area contributed by atoms with Crippen LogP contribution in [0.5, 0.6) is 5.75 Å². The fourth-order valence-electron chi connectivity index (χ4n) is 2.30. The van der Waals surface area contributed by atoms with Gasteiger partial charge in [-0.2, -0.15) is 0 Å². The molecule has 126 valence electrons. The predicted molar refractivity (Wildman–Crippen MR) is 103 cm³/mol. The molecule has 0 bridgehead atoms. The van der Waals surface area contributed by atoms with Crippen molar-refractivity contribution in [2.75, 3.05) is 5.32 Å². The van der Waals surface area contributed by atoms with E-state index in [9.17, 15) is 10.0 Å². The minimum Gasteiger partial charge on any atom is -0.506 e. The average Bonchev–Trinajstić information content (AvgIpc) is 2.63. The second kappa shape index (κ2) is 8.05. The Kier molecular flexibility index (Phi) is 5.58. The summed E-state index contributed by atoms with van der Waals surface area (Å²) in [5, 5.41) is 16.7. The monoisotopic (exact) mass is 370 g/mol. The van der Waals surface area contributed by atoms with Crippen molar-refractivity contribution in [3.05, 3.63) is 82.2 Å². The highest BCUT2D eigenvalue weighted by molar-refractivity contribution is 7.99. The third-order valence-corrected chi connectivity index (χ3v) is 4.95. The van der Waals surface area contributed by atoms with E-state index >= 15 is 0 Å². The zero-order valence-electron chi connectivity index (χ0n) is 13.1. The first-order chi connectivity index (χ1) is 12.2. The maximum Gasteiger partial charge on any atom is 0.140 e. The lowest BCUT2D eigenvalue weighted by Crippen LogP contribution is -2.01. The van der Waals surface area contributed by atoms with E-state index in [2.05, 4.69) is 16.6 Å². The van der Waals surface area contributed by atoms with E-state index in [1.807, 2.05) is 42.5 Å². The lowest BCUT2D eigenvalue weighted by molar-refractivity contribution is 0.477. The van der Waals surface area contributed by atoms with Crippen molar-refractivity contribution in [1.82, 2.24) is 0 Å². The molecule has 3 aromatic carbocycles. The number of phenolic OH excluding ortho intramolecular Hbond substituents is 1. The number of nitrogens with zero attached hydrogens (tertiary/aromatic N) is 1. The van der Waals surface area contributed by atoms with Crippen LogP contribution < -0.4 is 5.32 Å². The van der Waals surface area contributed by atoms with E-state index in [1.54, 1.807) is 23.9 Å². The molecule has 0 atom stereocenters. The van der Waals surface area contributed by atoms with Crippen LogP contribution in [0.25, 0.3) is 0 Å². The van der Waals surface area contributed by atoms with Crippen LogP contribution in [0.4, 0.5) is 11.4 Å². The molecule has 0 heterocycles. The predicted octanol–water partition coefficient (Wildman–Crippen LogP) is 6.21. The zero-order valence-corrected chi connectivity index (χ0v) is 14.7. The molecule has 6 heteroatoms. The normalized spacial score (nSPS) is 10.4. The van der Waals surface area contributed by atoms with Gasteiger partial charge in [-0.3, -0.25) is 0 Å². The maximum atomic E-state index is 10.5. The van der Waals surface area contributed by atoms with Gasteiger partial charge in [0.25, 0.3) is 0 Å². The van der Waals surface area contributed by atoms with Gasteiger partial charge < -0.3 is 10.4 Å². The summed E-state index contributed by atoms with van der Waals surface area (Å²) in [7, 11) is 0. The summed E-state index contributed by atoms with van der Waals surface area (Å²) in [5.41, 5.74) is 1.85. The molecule has 0 radical (unpaired) electrons. The number of hydrogen-bond donors (Lipinski definition) is 2. The Morgan fingerprint density at radius 3 is 2.52 bits per heavy atom. The first-order valence-electron chi connectivity index (χ1n) is 7.57. The maximum absolute atomic E-state index is 10.5. The molecule has 0 amide bonds. The van der Waals surface area contributed by atoms with Gasteiger partial charge >= 0.3 is 0 Å². The van der Waals surface area contributed by atoms with Crippen molar-refractivity contribution in [2.45, 2.75) is 16.3 Å². The van der Waals surface area contributed by atoms with Crippen molar-refractivity contribution in [1.29, 1.82) is 0 Å². The van der Waals surface area contributed by atoms with E-state index in [1.165, 1.54) is 6.07 Å². The summed E-state index contributed by atoms with van der Waals surface area (Å²) in [6.07, 6.45) is 0. The second-order valence-corrected chi connectivity index (χ2v) is 6.86. The van der Waals surface area contributed by atoms with Gasteiger partial charge in [0.1, 0.15) is 11.4 Å². The lowest BCUT2D eigenvalue weighted by atomic mass is 10.2. The van der Waals surface area contributed by atoms with Crippen molar-refractivity contribution >= 4 is 34.7 Å². The second-order valence-electron chi connectivity index (χ2n) is 5.31. The topological polar surface area (TPSA) is 61.7 Å². The standard InChI is InChI=1S/C19H15ClN2O2S/c20-14-5-8-16(9-6-14)25-19-4-2-1-3-13(19)12-21-17-10-7-15(22-24)11-18(17)23/h1-11,21,23H,12H2. The van der Waals surface area contributed by atoms with Gasteiger partial charge in [0.15, 0.2) is 0 Å². The van der Waals surface area contributed by atoms with Gasteiger partial charge in [-0.15, -0.1) is 4.91 Å². The number of nitroso groups, excluding NO2 is 1. The Balaban J connectivity index is 1.75. The highest BCUT2D eigenvalue weighted by atomic mass is 35.5. The molecule has 25 heavy (non-hydrogen) atoms. The van der Waals surface area contributed by atoms with E-state index < -0.39 is 0 Å².